The quantitative estimate of drug-likeness (QED) is 0.516. The van der Waals surface area contributed by atoms with Crippen LogP contribution >= 0.6 is 12.4 Å². The molecule has 0 amide bonds. The lowest BCUT2D eigenvalue weighted by atomic mass is 10.2. The first-order valence-corrected chi connectivity index (χ1v) is 3.08. The van der Waals surface area contributed by atoms with Crippen molar-refractivity contribution in [2.45, 2.75) is 6.92 Å². The number of rotatable bonds is 1. The molecule has 0 atom stereocenters. The van der Waals surface area contributed by atoms with E-state index in [1.165, 1.54) is 6.07 Å². The van der Waals surface area contributed by atoms with Crippen LogP contribution in [0, 0.1) is 18.2 Å². The van der Waals surface area contributed by atoms with E-state index in [2.05, 4.69) is 4.98 Å². The van der Waals surface area contributed by atoms with Crippen molar-refractivity contribution in [3.05, 3.63) is 29.3 Å². The van der Waals surface area contributed by atoms with Gasteiger partial charge < -0.3 is 5.73 Å². The van der Waals surface area contributed by atoms with Gasteiger partial charge >= 0.3 is 0 Å². The fraction of sp³-hybridized carbons (Fsp3) is 0.143. The number of nitrogen functional groups attached to an aromatic ring is 1. The van der Waals surface area contributed by atoms with Crippen LogP contribution in [0.15, 0.2) is 12.3 Å². The molecule has 1 aromatic heterocycles. The molecule has 0 aromatic carbocycles. The van der Waals surface area contributed by atoms with Crippen molar-refractivity contribution < 1.29 is 4.39 Å². The van der Waals surface area contributed by atoms with Crippen molar-refractivity contribution in [3.8, 4) is 0 Å². The van der Waals surface area contributed by atoms with E-state index in [1.54, 1.807) is 6.92 Å². The number of nitrogens with one attached hydrogen (secondary N) is 1. The van der Waals surface area contributed by atoms with Crippen LogP contribution < -0.4 is 5.73 Å². The summed E-state index contributed by atoms with van der Waals surface area (Å²) in [6.45, 7) is 1.66. The van der Waals surface area contributed by atoms with Gasteiger partial charge in [-0.05, 0) is 18.6 Å². The Bertz CT molecular complexity index is 301. The van der Waals surface area contributed by atoms with Gasteiger partial charge in [-0.2, -0.15) is 0 Å². The summed E-state index contributed by atoms with van der Waals surface area (Å²) >= 11 is 0. The van der Waals surface area contributed by atoms with E-state index in [1.807, 2.05) is 0 Å². The maximum atomic E-state index is 12.4. The van der Waals surface area contributed by atoms with Crippen LogP contribution in [0.2, 0.25) is 0 Å². The average Bonchev–Trinajstić information content (AvgIpc) is 1.85. The third kappa shape index (κ3) is 2.17. The van der Waals surface area contributed by atoms with Crippen molar-refractivity contribution in [3.63, 3.8) is 0 Å². The molecular weight excluding hydrogens is 181 g/mol. The van der Waals surface area contributed by atoms with E-state index in [4.69, 9.17) is 11.1 Å². The lowest BCUT2D eigenvalue weighted by Gasteiger charge is -2.00. The van der Waals surface area contributed by atoms with Crippen molar-refractivity contribution in [1.82, 2.24) is 4.98 Å². The van der Waals surface area contributed by atoms with Crippen LogP contribution in [-0.2, 0) is 0 Å². The molecule has 12 heavy (non-hydrogen) atoms. The molecule has 1 heterocycles. The number of amidine groups is 1. The van der Waals surface area contributed by atoms with Gasteiger partial charge in [0.25, 0.3) is 0 Å². The smallest absolute Gasteiger partial charge is 0.142 e. The molecule has 0 saturated heterocycles. The highest BCUT2D eigenvalue weighted by atomic mass is 35.5. The summed E-state index contributed by atoms with van der Waals surface area (Å²) in [5.74, 6) is -0.546. The summed E-state index contributed by atoms with van der Waals surface area (Å²) in [6, 6.07) is 1.30. The van der Waals surface area contributed by atoms with Crippen LogP contribution in [-0.4, -0.2) is 10.8 Å². The van der Waals surface area contributed by atoms with Gasteiger partial charge in [-0.15, -0.1) is 12.4 Å². The number of nitrogens with two attached hydrogens (primary N) is 1. The molecule has 0 aliphatic heterocycles. The zero-order valence-electron chi connectivity index (χ0n) is 6.47. The maximum Gasteiger partial charge on any atom is 0.142 e. The zero-order valence-corrected chi connectivity index (χ0v) is 7.28. The van der Waals surface area contributed by atoms with E-state index in [0.29, 0.717) is 11.3 Å². The lowest BCUT2D eigenvalue weighted by Crippen LogP contribution is -2.14. The van der Waals surface area contributed by atoms with Gasteiger partial charge in [-0.3, -0.25) is 5.41 Å². The Morgan fingerprint density at radius 2 is 2.25 bits per heavy atom. The van der Waals surface area contributed by atoms with Gasteiger partial charge in [0.05, 0.1) is 6.20 Å². The third-order valence-electron chi connectivity index (χ3n) is 1.30. The molecule has 0 bridgehead atoms. The first-order chi connectivity index (χ1) is 5.11. The fourth-order valence-corrected chi connectivity index (χ4v) is 0.822. The first kappa shape index (κ1) is 10.8. The highest BCUT2D eigenvalue weighted by molar-refractivity contribution is 5.94. The van der Waals surface area contributed by atoms with Crippen molar-refractivity contribution in [2.24, 2.45) is 5.73 Å². The second kappa shape index (κ2) is 4.01. The highest BCUT2D eigenvalue weighted by Gasteiger charge is 2.02. The Kier molecular flexibility index (Phi) is 3.63. The maximum absolute atomic E-state index is 12.4. The number of aromatic nitrogens is 1. The molecule has 66 valence electrons. The molecule has 0 radical (unpaired) electrons. The molecule has 3 N–H and O–H groups in total. The van der Waals surface area contributed by atoms with E-state index >= 15 is 0 Å². The summed E-state index contributed by atoms with van der Waals surface area (Å²) in [5, 5.41) is 7.04. The monoisotopic (exact) mass is 189 g/mol. The number of hydrogen-bond donors (Lipinski definition) is 2. The van der Waals surface area contributed by atoms with Crippen LogP contribution in [0.5, 0.6) is 0 Å². The predicted molar refractivity (Wildman–Crippen MR) is 47.2 cm³/mol. The van der Waals surface area contributed by atoms with Crippen molar-refractivity contribution in [2.75, 3.05) is 0 Å². The molecule has 5 heteroatoms. The van der Waals surface area contributed by atoms with Crippen LogP contribution in [0.25, 0.3) is 0 Å². The first-order valence-electron chi connectivity index (χ1n) is 3.08. The number of halogens is 2. The van der Waals surface area contributed by atoms with E-state index in [0.717, 1.165) is 6.20 Å². The molecule has 0 aliphatic rings. The highest BCUT2D eigenvalue weighted by Crippen LogP contribution is 2.04. The Morgan fingerprint density at radius 1 is 1.67 bits per heavy atom. The van der Waals surface area contributed by atoms with Gasteiger partial charge in [-0.25, -0.2) is 9.37 Å². The molecule has 0 spiro atoms. The summed E-state index contributed by atoms with van der Waals surface area (Å²) < 4.78 is 12.4. The van der Waals surface area contributed by atoms with Gasteiger partial charge in [0, 0.05) is 0 Å². The lowest BCUT2D eigenvalue weighted by molar-refractivity contribution is 0.619. The normalized spacial score (nSPS) is 8.83. The van der Waals surface area contributed by atoms with Crippen molar-refractivity contribution in [1.29, 1.82) is 5.41 Å². The van der Waals surface area contributed by atoms with E-state index in [-0.39, 0.29) is 18.2 Å². The standard InChI is InChI=1S/C7H8FN3.ClH/c1-4-2-5(8)3-11-6(4)7(9)10;/h2-3H,1H3,(H3,9,10);1H. The summed E-state index contributed by atoms with van der Waals surface area (Å²) in [5.41, 5.74) is 6.08. The zero-order chi connectivity index (χ0) is 8.43. The number of aryl methyl sites for hydroxylation is 1. The molecule has 1 aromatic rings. The minimum Gasteiger partial charge on any atom is -0.382 e. The molecule has 3 nitrogen and oxygen atoms in total. The Balaban J connectivity index is 0.00000121. The average molecular weight is 190 g/mol. The molecular formula is C7H9ClFN3. The van der Waals surface area contributed by atoms with Crippen LogP contribution in [0.1, 0.15) is 11.3 Å². The SMILES string of the molecule is Cc1cc(F)cnc1C(=N)N.Cl. The molecule has 0 fully saturated rings. The predicted octanol–water partition coefficient (Wildman–Crippen LogP) is 1.23. The molecule has 0 saturated carbocycles. The number of nitrogens with zero attached hydrogens (tertiary/aromatic N) is 1. The van der Waals surface area contributed by atoms with Crippen LogP contribution in [0.3, 0.4) is 0 Å². The van der Waals surface area contributed by atoms with Crippen LogP contribution in [0.4, 0.5) is 4.39 Å². The second-order valence-corrected chi connectivity index (χ2v) is 2.23. The summed E-state index contributed by atoms with van der Waals surface area (Å²) in [6.07, 6.45) is 1.05. The van der Waals surface area contributed by atoms with Crippen molar-refractivity contribution >= 4 is 18.2 Å². The van der Waals surface area contributed by atoms with E-state index < -0.39 is 5.82 Å². The Morgan fingerprint density at radius 3 is 2.67 bits per heavy atom. The Hall–Kier alpha value is -1.16. The second-order valence-electron chi connectivity index (χ2n) is 2.23. The largest absolute Gasteiger partial charge is 0.382 e. The van der Waals surface area contributed by atoms with Gasteiger partial charge in [0.15, 0.2) is 0 Å². The topological polar surface area (TPSA) is 62.8 Å². The third-order valence-corrected chi connectivity index (χ3v) is 1.30. The fourth-order valence-electron chi connectivity index (χ4n) is 0.822. The summed E-state index contributed by atoms with van der Waals surface area (Å²) in [4.78, 5) is 3.65. The summed E-state index contributed by atoms with van der Waals surface area (Å²) in [7, 11) is 0. The van der Waals surface area contributed by atoms with E-state index in [9.17, 15) is 4.39 Å². The molecule has 1 rings (SSSR count). The number of pyridine rings is 1. The van der Waals surface area contributed by atoms with Gasteiger partial charge in [-0.1, -0.05) is 0 Å². The molecule has 0 unspecified atom stereocenters. The minimum atomic E-state index is -0.410. The minimum absolute atomic E-state index is 0. The molecule has 0 aliphatic carbocycles. The van der Waals surface area contributed by atoms with Gasteiger partial charge in [0.2, 0.25) is 0 Å². The Labute approximate surface area is 75.7 Å². The number of hydrogen-bond acceptors (Lipinski definition) is 2. The van der Waals surface area contributed by atoms with Gasteiger partial charge in [0.1, 0.15) is 17.3 Å².